The molecule has 1 saturated carbocycles. The van der Waals surface area contributed by atoms with Crippen LogP contribution in [-0.2, 0) is 19.6 Å². The van der Waals surface area contributed by atoms with Crippen LogP contribution in [0.25, 0.3) is 0 Å². The van der Waals surface area contributed by atoms with E-state index in [1.165, 1.54) is 42.1 Å². The molecule has 188 valence electrons. The van der Waals surface area contributed by atoms with Crippen molar-refractivity contribution < 1.29 is 31.9 Å². The Morgan fingerprint density at radius 2 is 2.00 bits per heavy atom. The van der Waals surface area contributed by atoms with Gasteiger partial charge in [-0.2, -0.15) is 4.72 Å². The van der Waals surface area contributed by atoms with Gasteiger partial charge >= 0.3 is 6.03 Å². The lowest BCUT2D eigenvalue weighted by Gasteiger charge is -2.23. The number of carbonyl (C=O) groups is 3. The summed E-state index contributed by atoms with van der Waals surface area (Å²) in [5, 5.41) is 2.19. The second kappa shape index (κ2) is 11.1. The summed E-state index contributed by atoms with van der Waals surface area (Å²) in [7, 11) is -0.823. The van der Waals surface area contributed by atoms with Gasteiger partial charge in [0.2, 0.25) is 21.8 Å². The van der Waals surface area contributed by atoms with E-state index < -0.39 is 33.8 Å². The fourth-order valence-electron chi connectivity index (χ4n) is 3.50. The average Bonchev–Trinajstić information content (AvgIpc) is 3.54. The van der Waals surface area contributed by atoms with Crippen molar-refractivity contribution in [2.45, 2.75) is 38.1 Å². The molecule has 1 heterocycles. The largest absolute Gasteiger partial charge is 0.490 e. The van der Waals surface area contributed by atoms with E-state index >= 15 is 0 Å². The third-order valence-electron chi connectivity index (χ3n) is 5.65. The number of carbonyl (C=O) groups excluding carboxylic acids is 3. The second-order valence-corrected chi connectivity index (χ2v) is 10.8. The lowest BCUT2D eigenvalue weighted by molar-refractivity contribution is -0.130. The van der Waals surface area contributed by atoms with Crippen LogP contribution in [0, 0.1) is 11.7 Å². The number of likely N-dealkylation sites (N-methyl/N-ethyl adjacent to an activating group) is 1. The zero-order valence-electron chi connectivity index (χ0n) is 19.4. The van der Waals surface area contributed by atoms with Crippen LogP contribution in [0.15, 0.2) is 18.2 Å². The summed E-state index contributed by atoms with van der Waals surface area (Å²) in [6.07, 6.45) is 3.43. The van der Waals surface area contributed by atoms with Crippen molar-refractivity contribution in [1.29, 1.82) is 0 Å². The number of urea groups is 1. The summed E-state index contributed by atoms with van der Waals surface area (Å²) in [5.41, 5.74) is 0.291. The van der Waals surface area contributed by atoms with Gasteiger partial charge in [-0.1, -0.05) is 12.5 Å². The molecule has 1 aliphatic carbocycles. The van der Waals surface area contributed by atoms with Gasteiger partial charge in [-0.15, -0.1) is 0 Å². The predicted molar refractivity (Wildman–Crippen MR) is 122 cm³/mol. The molecule has 4 amide bonds. The van der Waals surface area contributed by atoms with E-state index in [2.05, 4.69) is 10.0 Å². The van der Waals surface area contributed by atoms with Gasteiger partial charge in [-0.05, 0) is 49.3 Å². The highest BCUT2D eigenvalue weighted by atomic mass is 32.2. The molecule has 0 aromatic heterocycles. The number of hydrogen-bond acceptors (Lipinski definition) is 6. The number of ether oxygens (including phenoxy) is 1. The number of sulfonamides is 1. The minimum Gasteiger partial charge on any atom is -0.490 e. The van der Waals surface area contributed by atoms with Gasteiger partial charge in [-0.25, -0.2) is 17.6 Å². The summed E-state index contributed by atoms with van der Waals surface area (Å²) < 4.78 is 47.6. The molecule has 0 unspecified atom stereocenters. The number of rotatable bonds is 13. The number of nitrogens with one attached hydrogen (secondary N) is 2. The molecule has 34 heavy (non-hydrogen) atoms. The molecule has 0 radical (unpaired) electrons. The maximum Gasteiger partial charge on any atom is 0.324 e. The summed E-state index contributed by atoms with van der Waals surface area (Å²) in [6, 6.07) is 2.25. The maximum atomic E-state index is 14.2. The van der Waals surface area contributed by atoms with Gasteiger partial charge in [-0.3, -0.25) is 14.9 Å². The average molecular weight is 499 g/mol. The number of halogens is 1. The van der Waals surface area contributed by atoms with Crippen LogP contribution in [-0.4, -0.2) is 75.6 Å². The van der Waals surface area contributed by atoms with Crippen molar-refractivity contribution in [3.05, 3.63) is 29.6 Å². The molecule has 1 aromatic rings. The van der Waals surface area contributed by atoms with E-state index in [-0.39, 0.29) is 24.0 Å². The number of hydrogen-bond donors (Lipinski definition) is 2. The molecule has 0 bridgehead atoms. The van der Waals surface area contributed by atoms with Gasteiger partial charge in [0.15, 0.2) is 11.6 Å². The van der Waals surface area contributed by atoms with Crippen molar-refractivity contribution in [1.82, 2.24) is 19.8 Å². The predicted octanol–water partition coefficient (Wildman–Crippen LogP) is 1.39. The van der Waals surface area contributed by atoms with E-state index in [0.29, 0.717) is 43.9 Å². The highest BCUT2D eigenvalue weighted by molar-refractivity contribution is 7.89. The molecule has 2 fully saturated rings. The Balaban J connectivity index is 1.58. The van der Waals surface area contributed by atoms with E-state index in [1.54, 1.807) is 0 Å². The number of unbranched alkanes of at least 4 members (excludes halogenated alkanes) is 2. The first-order valence-corrected chi connectivity index (χ1v) is 12.9. The molecule has 10 nitrogen and oxygen atoms in total. The van der Waals surface area contributed by atoms with E-state index in [0.717, 1.165) is 12.8 Å². The molecule has 3 rings (SSSR count). The maximum absolute atomic E-state index is 14.2. The van der Waals surface area contributed by atoms with Crippen LogP contribution >= 0.6 is 0 Å². The van der Waals surface area contributed by atoms with Gasteiger partial charge < -0.3 is 14.5 Å². The normalized spacial score (nSPS) is 17.0. The Hall–Kier alpha value is -2.73. The second-order valence-electron chi connectivity index (χ2n) is 8.88. The van der Waals surface area contributed by atoms with Crippen LogP contribution < -0.4 is 14.8 Å². The standard InChI is InChI=1S/C22H31FN4O6S/c1-26(2)21(29)20(16-8-9-17(23)18(12-16)33-14-15-6-7-15)25-34(31,32)11-5-3-4-10-27-13-19(28)24-22(27)30/h8-9,12,15,20,25H,3-7,10-11,13-14H2,1-2H3,(H,24,28,30)/t20-/m0/s1. The van der Waals surface area contributed by atoms with E-state index in [9.17, 15) is 27.2 Å². The summed E-state index contributed by atoms with van der Waals surface area (Å²) in [4.78, 5) is 38.1. The van der Waals surface area contributed by atoms with Crippen molar-refractivity contribution in [3.63, 3.8) is 0 Å². The smallest absolute Gasteiger partial charge is 0.324 e. The van der Waals surface area contributed by atoms with Crippen LogP contribution in [0.1, 0.15) is 43.7 Å². The lowest BCUT2D eigenvalue weighted by Crippen LogP contribution is -2.40. The van der Waals surface area contributed by atoms with Crippen LogP contribution in [0.4, 0.5) is 9.18 Å². The fourth-order valence-corrected chi connectivity index (χ4v) is 4.79. The first kappa shape index (κ1) is 25.9. The number of nitrogens with zero attached hydrogens (tertiary/aromatic N) is 2. The molecule has 1 saturated heterocycles. The minimum absolute atomic E-state index is 0.00964. The fraction of sp³-hybridized carbons (Fsp3) is 0.591. The van der Waals surface area contributed by atoms with Gasteiger partial charge in [0, 0.05) is 20.6 Å². The Kier molecular flexibility index (Phi) is 8.47. The minimum atomic E-state index is -3.84. The Bertz CT molecular complexity index is 1030. The van der Waals surface area contributed by atoms with Crippen LogP contribution in [0.2, 0.25) is 0 Å². The highest BCUT2D eigenvalue weighted by Gasteiger charge is 2.29. The molecule has 12 heteroatoms. The topological polar surface area (TPSA) is 125 Å². The van der Waals surface area contributed by atoms with E-state index in [4.69, 9.17) is 4.74 Å². The van der Waals surface area contributed by atoms with Crippen molar-refractivity contribution in [2.24, 2.45) is 5.92 Å². The molecular weight excluding hydrogens is 467 g/mol. The Morgan fingerprint density at radius 3 is 2.62 bits per heavy atom. The molecule has 1 atom stereocenters. The SMILES string of the molecule is CN(C)C(=O)[C@@H](NS(=O)(=O)CCCCCN1CC(=O)NC1=O)c1ccc(F)c(OCC2CC2)c1. The molecule has 1 aromatic carbocycles. The summed E-state index contributed by atoms with van der Waals surface area (Å²) in [6.45, 7) is 0.745. The van der Waals surface area contributed by atoms with Gasteiger partial charge in [0.1, 0.15) is 12.6 Å². The first-order valence-electron chi connectivity index (χ1n) is 11.3. The molecule has 0 spiro atoms. The first-order chi connectivity index (χ1) is 16.1. The summed E-state index contributed by atoms with van der Waals surface area (Å²) in [5.74, 6) is -1.24. The van der Waals surface area contributed by atoms with Crippen molar-refractivity contribution >= 4 is 27.9 Å². The van der Waals surface area contributed by atoms with Crippen molar-refractivity contribution in [3.8, 4) is 5.75 Å². The van der Waals surface area contributed by atoms with Crippen LogP contribution in [0.5, 0.6) is 5.75 Å². The van der Waals surface area contributed by atoms with Crippen LogP contribution in [0.3, 0.4) is 0 Å². The molecule has 2 aliphatic rings. The summed E-state index contributed by atoms with van der Waals surface area (Å²) >= 11 is 0. The lowest BCUT2D eigenvalue weighted by atomic mass is 10.1. The number of imide groups is 1. The molecule has 2 N–H and O–H groups in total. The molecule has 1 aliphatic heterocycles. The highest BCUT2D eigenvalue weighted by Crippen LogP contribution is 2.31. The van der Waals surface area contributed by atoms with E-state index in [1.807, 2.05) is 0 Å². The Labute approximate surface area is 198 Å². The van der Waals surface area contributed by atoms with Gasteiger partial charge in [0.25, 0.3) is 0 Å². The number of benzene rings is 1. The number of amides is 4. The quantitative estimate of drug-likeness (QED) is 0.313. The van der Waals surface area contributed by atoms with Gasteiger partial charge in [0.05, 0.1) is 12.4 Å². The molecular formula is C22H31FN4O6S. The zero-order chi connectivity index (χ0) is 24.9. The van der Waals surface area contributed by atoms with Crippen molar-refractivity contribution in [2.75, 3.05) is 39.5 Å². The third-order valence-corrected chi connectivity index (χ3v) is 7.08. The Morgan fingerprint density at radius 1 is 1.26 bits per heavy atom. The monoisotopic (exact) mass is 498 g/mol. The third kappa shape index (κ3) is 7.39. The zero-order valence-corrected chi connectivity index (χ0v) is 20.2.